The topological polar surface area (TPSA) is 51.0 Å². The number of oxime groups is 1. The summed E-state index contributed by atoms with van der Waals surface area (Å²) in [5.41, 5.74) is 4.80. The van der Waals surface area contributed by atoms with Crippen molar-refractivity contribution in [3.05, 3.63) is 50.7 Å². The van der Waals surface area contributed by atoms with Gasteiger partial charge in [-0.15, -0.1) is 11.3 Å². The lowest BCUT2D eigenvalue weighted by Crippen LogP contribution is -2.32. The van der Waals surface area contributed by atoms with Gasteiger partial charge in [-0.2, -0.15) is 0 Å². The molecule has 0 saturated heterocycles. The fraction of sp³-hybridized carbons (Fsp3) is 0.522. The van der Waals surface area contributed by atoms with E-state index in [-0.39, 0.29) is 17.4 Å². The quantitative estimate of drug-likeness (QED) is 0.526. The number of thiophene rings is 1. The molecule has 1 aromatic carbocycles. The van der Waals surface area contributed by atoms with Gasteiger partial charge in [0.05, 0.1) is 11.5 Å². The van der Waals surface area contributed by atoms with E-state index in [1.165, 1.54) is 28.8 Å². The molecule has 0 radical (unpaired) electrons. The highest BCUT2D eigenvalue weighted by atomic mass is 32.1. The lowest BCUT2D eigenvalue weighted by Gasteiger charge is -2.39. The van der Waals surface area contributed by atoms with Crippen LogP contribution in [0.3, 0.4) is 0 Å². The molecule has 0 bridgehead atoms. The minimum Gasteiger partial charge on any atom is -0.487 e. The van der Waals surface area contributed by atoms with Crippen LogP contribution in [-0.2, 0) is 22.3 Å². The first-order chi connectivity index (χ1) is 13.2. The lowest BCUT2D eigenvalue weighted by molar-refractivity contribution is 0.210. The lowest BCUT2D eigenvalue weighted by atomic mass is 9.66. The molecule has 1 aromatic heterocycles. The van der Waals surface area contributed by atoms with Crippen molar-refractivity contribution in [1.29, 1.82) is 0 Å². The second-order valence-electron chi connectivity index (χ2n) is 8.84. The molecule has 0 aliphatic heterocycles. The van der Waals surface area contributed by atoms with Crippen LogP contribution in [0.25, 0.3) is 0 Å². The minimum atomic E-state index is 0.0299. The molecule has 0 saturated carbocycles. The van der Waals surface area contributed by atoms with Gasteiger partial charge in [0.1, 0.15) is 25.2 Å². The number of ether oxygens (including phenoxy) is 1. The number of fused-ring (bicyclic) bond motifs is 1. The molecule has 2 aromatic rings. The highest BCUT2D eigenvalue weighted by Gasteiger charge is 2.41. The van der Waals surface area contributed by atoms with Gasteiger partial charge in [-0.25, -0.2) is 0 Å². The third-order valence-electron chi connectivity index (χ3n) is 5.76. The highest BCUT2D eigenvalue weighted by Crippen LogP contribution is 2.51. The molecular formula is C23H31NO3S. The van der Waals surface area contributed by atoms with Gasteiger partial charge in [0, 0.05) is 4.88 Å². The fourth-order valence-corrected chi connectivity index (χ4v) is 5.61. The maximum Gasteiger partial charge on any atom is 0.135 e. The highest BCUT2D eigenvalue weighted by molar-refractivity contribution is 7.14. The second kappa shape index (κ2) is 7.88. The molecule has 4 nitrogen and oxygen atoms in total. The summed E-state index contributed by atoms with van der Waals surface area (Å²) in [6.45, 7) is 11.9. The first kappa shape index (κ1) is 20.9. The van der Waals surface area contributed by atoms with Gasteiger partial charge in [-0.1, -0.05) is 45.0 Å². The van der Waals surface area contributed by atoms with E-state index in [0.717, 1.165) is 21.9 Å². The Kier molecular flexibility index (Phi) is 5.87. The molecule has 28 heavy (non-hydrogen) atoms. The third-order valence-corrected chi connectivity index (χ3v) is 7.47. The Morgan fingerprint density at radius 1 is 1.11 bits per heavy atom. The Labute approximate surface area is 172 Å². The van der Waals surface area contributed by atoms with Gasteiger partial charge in [-0.3, -0.25) is 0 Å². The number of aliphatic hydroxyl groups excluding tert-OH is 1. The van der Waals surface area contributed by atoms with Gasteiger partial charge < -0.3 is 14.7 Å². The molecule has 1 aliphatic carbocycles. The van der Waals surface area contributed by atoms with Crippen LogP contribution in [0.15, 0.2) is 29.4 Å². The molecular weight excluding hydrogens is 370 g/mol. The standard InChI is InChI=1S/C23H31NO3S/c1-15-19-21(23(4,5)12-11-22(19,2)3)28-20(15)18(24-26-6)14-27-17-9-7-16(13-25)8-10-17/h7-10,25H,11-14H2,1-6H3. The van der Waals surface area contributed by atoms with Crippen molar-refractivity contribution in [3.8, 4) is 5.75 Å². The summed E-state index contributed by atoms with van der Waals surface area (Å²) in [4.78, 5) is 7.78. The van der Waals surface area contributed by atoms with E-state index in [4.69, 9.17) is 9.57 Å². The SMILES string of the molecule is CON=C(COc1ccc(CO)cc1)c1sc2c(c1C)C(C)(C)CCC2(C)C. The van der Waals surface area contributed by atoms with Gasteiger partial charge in [0.15, 0.2) is 0 Å². The molecule has 0 spiro atoms. The monoisotopic (exact) mass is 401 g/mol. The zero-order valence-electron chi connectivity index (χ0n) is 17.8. The largest absolute Gasteiger partial charge is 0.487 e. The molecule has 0 amide bonds. The summed E-state index contributed by atoms with van der Waals surface area (Å²) in [6, 6.07) is 7.47. The Bertz CT molecular complexity index is 863. The van der Waals surface area contributed by atoms with E-state index in [2.05, 4.69) is 39.8 Å². The summed E-state index contributed by atoms with van der Waals surface area (Å²) < 4.78 is 5.98. The van der Waals surface area contributed by atoms with E-state index >= 15 is 0 Å². The average molecular weight is 402 g/mol. The molecule has 0 atom stereocenters. The van der Waals surface area contributed by atoms with Crippen LogP contribution in [0, 0.1) is 6.92 Å². The van der Waals surface area contributed by atoms with Gasteiger partial charge in [-0.05, 0) is 59.4 Å². The third kappa shape index (κ3) is 3.96. The minimum absolute atomic E-state index is 0.0299. The summed E-state index contributed by atoms with van der Waals surface area (Å²) in [6.07, 6.45) is 2.38. The average Bonchev–Trinajstić information content (AvgIpc) is 3.03. The molecule has 1 heterocycles. The smallest absolute Gasteiger partial charge is 0.135 e. The van der Waals surface area contributed by atoms with Crippen molar-refractivity contribution in [2.45, 2.75) is 64.9 Å². The first-order valence-corrected chi connectivity index (χ1v) is 10.6. The van der Waals surface area contributed by atoms with E-state index in [0.29, 0.717) is 6.61 Å². The summed E-state index contributed by atoms with van der Waals surface area (Å²) in [7, 11) is 1.58. The summed E-state index contributed by atoms with van der Waals surface area (Å²) in [5, 5.41) is 13.5. The van der Waals surface area contributed by atoms with Gasteiger partial charge in [0.25, 0.3) is 0 Å². The molecule has 0 unspecified atom stereocenters. The molecule has 5 heteroatoms. The molecule has 1 aliphatic rings. The zero-order chi connectivity index (χ0) is 20.5. The van der Waals surface area contributed by atoms with Crippen LogP contribution in [-0.4, -0.2) is 24.5 Å². The zero-order valence-corrected chi connectivity index (χ0v) is 18.6. The maximum absolute atomic E-state index is 9.19. The van der Waals surface area contributed by atoms with Crippen LogP contribution in [0.4, 0.5) is 0 Å². The van der Waals surface area contributed by atoms with Crippen LogP contribution >= 0.6 is 11.3 Å². The predicted octanol–water partition coefficient (Wildman–Crippen LogP) is 5.33. The van der Waals surface area contributed by atoms with E-state index in [1.54, 1.807) is 7.11 Å². The van der Waals surface area contributed by atoms with Crippen molar-refractivity contribution in [2.75, 3.05) is 13.7 Å². The number of benzene rings is 1. The molecule has 3 rings (SSSR count). The summed E-state index contributed by atoms with van der Waals surface area (Å²) >= 11 is 1.84. The number of aliphatic hydroxyl groups is 1. The number of hydrogen-bond donors (Lipinski definition) is 1. The van der Waals surface area contributed by atoms with E-state index < -0.39 is 0 Å². The maximum atomic E-state index is 9.19. The van der Waals surface area contributed by atoms with Crippen molar-refractivity contribution in [3.63, 3.8) is 0 Å². The van der Waals surface area contributed by atoms with Gasteiger partial charge >= 0.3 is 0 Å². The molecule has 0 fully saturated rings. The first-order valence-electron chi connectivity index (χ1n) is 9.77. The molecule has 1 N–H and O–H groups in total. The Balaban J connectivity index is 1.93. The summed E-state index contributed by atoms with van der Waals surface area (Å²) in [5.74, 6) is 0.751. The van der Waals surface area contributed by atoms with Crippen LogP contribution < -0.4 is 4.74 Å². The number of hydrogen-bond acceptors (Lipinski definition) is 5. The normalized spacial score (nSPS) is 17.9. The van der Waals surface area contributed by atoms with E-state index in [1.807, 2.05) is 35.6 Å². The van der Waals surface area contributed by atoms with Crippen LogP contribution in [0.5, 0.6) is 5.75 Å². The second-order valence-corrected chi connectivity index (χ2v) is 9.86. The Morgan fingerprint density at radius 3 is 2.32 bits per heavy atom. The van der Waals surface area contributed by atoms with Crippen molar-refractivity contribution >= 4 is 17.0 Å². The fourth-order valence-electron chi connectivity index (χ4n) is 4.03. The van der Waals surface area contributed by atoms with Crippen molar-refractivity contribution in [1.82, 2.24) is 0 Å². The van der Waals surface area contributed by atoms with Crippen molar-refractivity contribution in [2.24, 2.45) is 5.16 Å². The Morgan fingerprint density at radius 2 is 1.75 bits per heavy atom. The van der Waals surface area contributed by atoms with E-state index in [9.17, 15) is 5.11 Å². The predicted molar refractivity (Wildman–Crippen MR) is 116 cm³/mol. The van der Waals surface area contributed by atoms with Gasteiger partial charge in [0.2, 0.25) is 0 Å². The Hall–Kier alpha value is -1.85. The molecule has 152 valence electrons. The van der Waals surface area contributed by atoms with Crippen molar-refractivity contribution < 1.29 is 14.7 Å². The number of nitrogens with zero attached hydrogens (tertiary/aromatic N) is 1. The number of rotatable bonds is 6. The van der Waals surface area contributed by atoms with Crippen LogP contribution in [0.2, 0.25) is 0 Å². The van der Waals surface area contributed by atoms with Crippen LogP contribution in [0.1, 0.15) is 67.0 Å².